The van der Waals surface area contributed by atoms with Gasteiger partial charge in [0.25, 0.3) is 11.6 Å². The van der Waals surface area contributed by atoms with Crippen molar-refractivity contribution in [2.45, 2.75) is 25.8 Å². The Balaban J connectivity index is 2.12. The number of amides is 1. The fraction of sp³-hybridized carbons (Fsp3) is 0.417. The van der Waals surface area contributed by atoms with E-state index in [0.717, 1.165) is 12.8 Å². The maximum absolute atomic E-state index is 11.9. The zero-order chi connectivity index (χ0) is 13.3. The molecular weight excluding hydrogens is 256 g/mol. The number of nitrogens with one attached hydrogen (secondary N) is 1. The predicted octanol–water partition coefficient (Wildman–Crippen LogP) is 2.78. The molecule has 1 amide bonds. The fourth-order valence-corrected chi connectivity index (χ4v) is 2.06. The lowest BCUT2D eigenvalue weighted by molar-refractivity contribution is -0.384. The number of hydrogen-bond donors (Lipinski definition) is 1. The largest absolute Gasteiger partial charge is 0.349 e. The van der Waals surface area contributed by atoms with Crippen molar-refractivity contribution >= 4 is 23.2 Å². The molecule has 1 saturated carbocycles. The molecule has 6 heteroatoms. The van der Waals surface area contributed by atoms with Crippen LogP contribution in [0, 0.1) is 16.0 Å². The standard InChI is InChI=1S/C12H13ClN2O3/c1-7(8-2-3-8)14-12(16)10-5-4-9(15(17)18)6-11(10)13/h4-8H,2-3H2,1H3,(H,14,16). The molecule has 1 aliphatic rings. The molecule has 2 rings (SSSR count). The second kappa shape index (κ2) is 4.94. The van der Waals surface area contributed by atoms with Crippen LogP contribution in [0.25, 0.3) is 0 Å². The number of nitro benzene ring substituents is 1. The molecule has 0 heterocycles. The number of halogens is 1. The molecule has 0 saturated heterocycles. The fourth-order valence-electron chi connectivity index (χ4n) is 1.80. The lowest BCUT2D eigenvalue weighted by atomic mass is 10.1. The smallest absolute Gasteiger partial charge is 0.270 e. The Morgan fingerprint density at radius 1 is 1.56 bits per heavy atom. The van der Waals surface area contributed by atoms with Crippen molar-refractivity contribution < 1.29 is 9.72 Å². The van der Waals surface area contributed by atoms with Gasteiger partial charge in [-0.15, -0.1) is 0 Å². The summed E-state index contributed by atoms with van der Waals surface area (Å²) in [4.78, 5) is 21.9. The van der Waals surface area contributed by atoms with Gasteiger partial charge in [0.1, 0.15) is 0 Å². The number of benzene rings is 1. The summed E-state index contributed by atoms with van der Waals surface area (Å²) in [7, 11) is 0. The van der Waals surface area contributed by atoms with E-state index in [4.69, 9.17) is 11.6 Å². The topological polar surface area (TPSA) is 72.2 Å². The van der Waals surface area contributed by atoms with Crippen LogP contribution in [0.5, 0.6) is 0 Å². The van der Waals surface area contributed by atoms with Gasteiger partial charge in [-0.2, -0.15) is 0 Å². The number of nitro groups is 1. The molecule has 18 heavy (non-hydrogen) atoms. The van der Waals surface area contributed by atoms with Gasteiger partial charge in [-0.25, -0.2) is 0 Å². The normalized spacial score (nSPS) is 16.1. The third kappa shape index (κ3) is 2.79. The van der Waals surface area contributed by atoms with Crippen LogP contribution in [0.15, 0.2) is 18.2 Å². The van der Waals surface area contributed by atoms with Gasteiger partial charge < -0.3 is 5.32 Å². The number of hydrogen-bond acceptors (Lipinski definition) is 3. The maximum Gasteiger partial charge on any atom is 0.270 e. The Kier molecular flexibility index (Phi) is 3.52. The van der Waals surface area contributed by atoms with Crippen molar-refractivity contribution in [1.82, 2.24) is 5.32 Å². The molecule has 5 nitrogen and oxygen atoms in total. The summed E-state index contributed by atoms with van der Waals surface area (Å²) in [6, 6.07) is 3.97. The molecule has 1 fully saturated rings. The van der Waals surface area contributed by atoms with Crippen molar-refractivity contribution in [2.75, 3.05) is 0 Å². The Hall–Kier alpha value is -1.62. The van der Waals surface area contributed by atoms with Gasteiger partial charge in [0.15, 0.2) is 0 Å². The number of rotatable bonds is 4. The number of carbonyl (C=O) groups is 1. The van der Waals surface area contributed by atoms with E-state index < -0.39 is 4.92 Å². The molecule has 1 atom stereocenters. The minimum absolute atomic E-state index is 0.102. The van der Waals surface area contributed by atoms with Gasteiger partial charge >= 0.3 is 0 Å². The number of carbonyl (C=O) groups excluding carboxylic acids is 1. The minimum Gasteiger partial charge on any atom is -0.349 e. The van der Waals surface area contributed by atoms with E-state index in [1.165, 1.54) is 18.2 Å². The van der Waals surface area contributed by atoms with Crippen LogP contribution >= 0.6 is 11.6 Å². The van der Waals surface area contributed by atoms with E-state index in [2.05, 4.69) is 5.32 Å². The van der Waals surface area contributed by atoms with Crippen LogP contribution in [0.2, 0.25) is 5.02 Å². The molecular formula is C12H13ClN2O3. The lowest BCUT2D eigenvalue weighted by Crippen LogP contribution is -2.34. The highest BCUT2D eigenvalue weighted by Gasteiger charge is 2.29. The highest BCUT2D eigenvalue weighted by molar-refractivity contribution is 6.34. The first-order chi connectivity index (χ1) is 8.49. The van der Waals surface area contributed by atoms with Crippen LogP contribution in [-0.2, 0) is 0 Å². The van der Waals surface area contributed by atoms with Crippen molar-refractivity contribution in [3.8, 4) is 0 Å². The summed E-state index contributed by atoms with van der Waals surface area (Å²) < 4.78 is 0. The lowest BCUT2D eigenvalue weighted by Gasteiger charge is -2.13. The van der Waals surface area contributed by atoms with Gasteiger partial charge in [0, 0.05) is 18.2 Å². The van der Waals surface area contributed by atoms with E-state index in [1.54, 1.807) is 0 Å². The summed E-state index contributed by atoms with van der Waals surface area (Å²) in [5.41, 5.74) is 0.154. The van der Waals surface area contributed by atoms with Gasteiger partial charge in [-0.3, -0.25) is 14.9 Å². The summed E-state index contributed by atoms with van der Waals surface area (Å²) in [5, 5.41) is 13.5. The van der Waals surface area contributed by atoms with Crippen LogP contribution in [0.1, 0.15) is 30.1 Å². The Morgan fingerprint density at radius 3 is 2.72 bits per heavy atom. The minimum atomic E-state index is -0.541. The quantitative estimate of drug-likeness (QED) is 0.674. The van der Waals surface area contributed by atoms with Gasteiger partial charge in [-0.1, -0.05) is 11.6 Å². The first kappa shape index (κ1) is 12.8. The Bertz CT molecular complexity index is 500. The molecule has 0 bridgehead atoms. The third-order valence-electron chi connectivity index (χ3n) is 3.10. The molecule has 1 aliphatic carbocycles. The van der Waals surface area contributed by atoms with Gasteiger partial charge in [0.05, 0.1) is 15.5 Å². The SMILES string of the molecule is CC(NC(=O)c1ccc([N+](=O)[O-])cc1Cl)C1CC1. The average Bonchev–Trinajstić information content (AvgIpc) is 3.12. The van der Waals surface area contributed by atoms with Crippen molar-refractivity contribution in [1.29, 1.82) is 0 Å². The molecule has 1 aromatic rings. The zero-order valence-electron chi connectivity index (χ0n) is 9.85. The monoisotopic (exact) mass is 268 g/mol. The van der Waals surface area contributed by atoms with Crippen molar-refractivity contribution in [3.63, 3.8) is 0 Å². The highest BCUT2D eigenvalue weighted by atomic mass is 35.5. The predicted molar refractivity (Wildman–Crippen MR) is 67.8 cm³/mol. The van der Waals surface area contributed by atoms with Crippen molar-refractivity contribution in [3.05, 3.63) is 38.9 Å². The molecule has 1 N–H and O–H groups in total. The maximum atomic E-state index is 11.9. The first-order valence-electron chi connectivity index (χ1n) is 5.74. The van der Waals surface area contributed by atoms with Crippen LogP contribution in [-0.4, -0.2) is 16.9 Å². The highest BCUT2D eigenvalue weighted by Crippen LogP contribution is 2.32. The molecule has 1 aromatic carbocycles. The zero-order valence-corrected chi connectivity index (χ0v) is 10.6. The summed E-state index contributed by atoms with van der Waals surface area (Å²) >= 11 is 5.88. The molecule has 0 radical (unpaired) electrons. The second-order valence-corrected chi connectivity index (χ2v) is 4.93. The molecule has 1 unspecified atom stereocenters. The average molecular weight is 269 g/mol. The van der Waals surface area contributed by atoms with Crippen LogP contribution in [0.4, 0.5) is 5.69 Å². The molecule has 0 aliphatic heterocycles. The van der Waals surface area contributed by atoms with E-state index in [1.807, 2.05) is 6.92 Å². The van der Waals surface area contributed by atoms with Gasteiger partial charge in [0.2, 0.25) is 0 Å². The van der Waals surface area contributed by atoms with Gasteiger partial charge in [-0.05, 0) is 31.7 Å². The Labute approximate surface area is 109 Å². The number of non-ortho nitro benzene ring substituents is 1. The van der Waals surface area contributed by atoms with E-state index in [9.17, 15) is 14.9 Å². The Morgan fingerprint density at radius 2 is 2.22 bits per heavy atom. The third-order valence-corrected chi connectivity index (χ3v) is 3.41. The molecule has 0 spiro atoms. The van der Waals surface area contributed by atoms with E-state index in [-0.39, 0.29) is 28.2 Å². The van der Waals surface area contributed by atoms with E-state index in [0.29, 0.717) is 5.92 Å². The van der Waals surface area contributed by atoms with E-state index >= 15 is 0 Å². The molecule has 96 valence electrons. The summed E-state index contributed by atoms with van der Waals surface area (Å²) in [6.45, 7) is 1.95. The first-order valence-corrected chi connectivity index (χ1v) is 6.11. The van der Waals surface area contributed by atoms with Crippen molar-refractivity contribution in [2.24, 2.45) is 5.92 Å². The summed E-state index contributed by atoms with van der Waals surface area (Å²) in [6.07, 6.45) is 2.27. The second-order valence-electron chi connectivity index (χ2n) is 4.52. The van der Waals surface area contributed by atoms with Crippen LogP contribution in [0.3, 0.4) is 0 Å². The number of nitrogens with zero attached hydrogens (tertiary/aromatic N) is 1. The van der Waals surface area contributed by atoms with Crippen LogP contribution < -0.4 is 5.32 Å². The molecule has 0 aromatic heterocycles. The summed E-state index contributed by atoms with van der Waals surface area (Å²) in [5.74, 6) is 0.264.